The van der Waals surface area contributed by atoms with Crippen LogP contribution in [0.4, 0.5) is 13.2 Å². The molecular weight excluding hydrogens is 518 g/mol. The van der Waals surface area contributed by atoms with E-state index >= 15 is 0 Å². The summed E-state index contributed by atoms with van der Waals surface area (Å²) in [7, 11) is 0. The molecule has 6 nitrogen and oxygen atoms in total. The van der Waals surface area contributed by atoms with E-state index in [0.29, 0.717) is 42.6 Å². The van der Waals surface area contributed by atoms with Crippen LogP contribution in [0.1, 0.15) is 34.4 Å². The summed E-state index contributed by atoms with van der Waals surface area (Å²) in [5.74, 6) is 0.353. The van der Waals surface area contributed by atoms with Crippen molar-refractivity contribution in [1.82, 2.24) is 20.9 Å². The van der Waals surface area contributed by atoms with Gasteiger partial charge in [0.25, 0.3) is 5.91 Å². The second-order valence-electron chi connectivity index (χ2n) is 5.72. The number of aliphatic imine (C=N–C) groups is 1. The standard InChI is InChI=1S/C18H22F3N5OS.HI/c1-2-22-17(25-11-15-26-14(12-28-15)18(19,20)21)24-10-6-9-23-16(27)13-7-4-3-5-8-13;/h3-5,7-8,12H,2,6,9-11H2,1H3,(H,23,27)(H2,22,24,25);1H. The topological polar surface area (TPSA) is 78.4 Å². The number of thiazole rings is 1. The molecule has 0 aliphatic heterocycles. The van der Waals surface area contributed by atoms with Gasteiger partial charge in [0.2, 0.25) is 0 Å². The number of halogens is 4. The van der Waals surface area contributed by atoms with Crippen LogP contribution in [0, 0.1) is 0 Å². The lowest BCUT2D eigenvalue weighted by atomic mass is 10.2. The molecule has 0 radical (unpaired) electrons. The van der Waals surface area contributed by atoms with Gasteiger partial charge in [-0.1, -0.05) is 18.2 Å². The largest absolute Gasteiger partial charge is 0.434 e. The van der Waals surface area contributed by atoms with Gasteiger partial charge in [0.1, 0.15) is 5.01 Å². The van der Waals surface area contributed by atoms with E-state index in [1.165, 1.54) is 0 Å². The summed E-state index contributed by atoms with van der Waals surface area (Å²) < 4.78 is 37.7. The van der Waals surface area contributed by atoms with E-state index in [-0.39, 0.29) is 36.4 Å². The number of amides is 1. The Bertz CT molecular complexity index is 783. The van der Waals surface area contributed by atoms with E-state index < -0.39 is 11.9 Å². The third kappa shape index (κ3) is 8.98. The number of carbonyl (C=O) groups is 1. The van der Waals surface area contributed by atoms with Crippen LogP contribution in [0.5, 0.6) is 0 Å². The number of hydrogen-bond acceptors (Lipinski definition) is 4. The molecule has 2 aromatic rings. The first-order valence-electron chi connectivity index (χ1n) is 8.77. The van der Waals surface area contributed by atoms with Crippen molar-refractivity contribution in [2.75, 3.05) is 19.6 Å². The van der Waals surface area contributed by atoms with Crippen LogP contribution < -0.4 is 16.0 Å². The minimum atomic E-state index is -4.44. The second-order valence-corrected chi connectivity index (χ2v) is 6.66. The van der Waals surface area contributed by atoms with Gasteiger partial charge in [-0.2, -0.15) is 13.2 Å². The fraction of sp³-hybridized carbons (Fsp3) is 0.389. The highest BCUT2D eigenvalue weighted by Crippen LogP contribution is 2.30. The highest BCUT2D eigenvalue weighted by atomic mass is 127. The van der Waals surface area contributed by atoms with E-state index in [1.54, 1.807) is 24.3 Å². The van der Waals surface area contributed by atoms with Gasteiger partial charge in [0, 0.05) is 30.6 Å². The molecule has 0 fully saturated rings. The molecule has 0 saturated heterocycles. The molecule has 0 saturated carbocycles. The Morgan fingerprint density at radius 3 is 2.45 bits per heavy atom. The maximum atomic E-state index is 12.6. The van der Waals surface area contributed by atoms with Gasteiger partial charge in [0.15, 0.2) is 11.7 Å². The molecule has 0 aliphatic rings. The van der Waals surface area contributed by atoms with E-state index in [4.69, 9.17) is 0 Å². The van der Waals surface area contributed by atoms with Crippen LogP contribution >= 0.6 is 35.3 Å². The summed E-state index contributed by atoms with van der Waals surface area (Å²) in [5, 5.41) is 10.2. The normalized spacial score (nSPS) is 11.5. The van der Waals surface area contributed by atoms with Crippen LogP contribution in [0.25, 0.3) is 0 Å². The lowest BCUT2D eigenvalue weighted by Gasteiger charge is -2.11. The average Bonchev–Trinajstić information content (AvgIpc) is 3.16. The molecule has 3 N–H and O–H groups in total. The number of carbonyl (C=O) groups excluding carboxylic acids is 1. The first-order chi connectivity index (χ1) is 13.4. The molecule has 29 heavy (non-hydrogen) atoms. The fourth-order valence-electron chi connectivity index (χ4n) is 2.19. The number of guanidine groups is 1. The summed E-state index contributed by atoms with van der Waals surface area (Å²) in [6, 6.07) is 8.93. The van der Waals surface area contributed by atoms with Gasteiger partial charge in [0.05, 0.1) is 6.54 Å². The molecular formula is C18H23F3IN5OS. The van der Waals surface area contributed by atoms with Gasteiger partial charge in [-0.05, 0) is 25.5 Å². The predicted octanol–water partition coefficient (Wildman–Crippen LogP) is 3.66. The zero-order valence-corrected chi connectivity index (χ0v) is 18.9. The number of hydrogen-bond donors (Lipinski definition) is 3. The van der Waals surface area contributed by atoms with Gasteiger partial charge in [-0.25, -0.2) is 9.98 Å². The van der Waals surface area contributed by atoms with Gasteiger partial charge in [-0.3, -0.25) is 4.79 Å². The number of alkyl halides is 3. The monoisotopic (exact) mass is 541 g/mol. The molecule has 160 valence electrons. The Kier molecular flexibility index (Phi) is 10.9. The molecule has 1 aromatic heterocycles. The Morgan fingerprint density at radius 1 is 1.14 bits per heavy atom. The third-order valence-corrected chi connectivity index (χ3v) is 4.36. The van der Waals surface area contributed by atoms with E-state index in [1.807, 2.05) is 13.0 Å². The Hall–Kier alpha value is -1.89. The zero-order chi connectivity index (χ0) is 20.4. The van der Waals surface area contributed by atoms with Crippen LogP contribution in [-0.4, -0.2) is 36.5 Å². The van der Waals surface area contributed by atoms with Crippen LogP contribution in [-0.2, 0) is 12.7 Å². The van der Waals surface area contributed by atoms with Crippen molar-refractivity contribution in [3.05, 3.63) is 52.0 Å². The van der Waals surface area contributed by atoms with Gasteiger partial charge >= 0.3 is 6.18 Å². The Balaban J connectivity index is 0.00000420. The number of aromatic nitrogens is 1. The van der Waals surface area contributed by atoms with Crippen molar-refractivity contribution >= 4 is 47.2 Å². The molecule has 1 aromatic carbocycles. The molecule has 1 heterocycles. The number of nitrogens with one attached hydrogen (secondary N) is 3. The van der Waals surface area contributed by atoms with Crippen LogP contribution in [0.2, 0.25) is 0 Å². The molecule has 0 aliphatic carbocycles. The fourth-order valence-corrected chi connectivity index (χ4v) is 2.91. The number of benzene rings is 1. The second kappa shape index (κ2) is 12.6. The van der Waals surface area contributed by atoms with Gasteiger partial charge < -0.3 is 16.0 Å². The Labute approximate surface area is 188 Å². The van der Waals surface area contributed by atoms with Crippen molar-refractivity contribution in [1.29, 1.82) is 0 Å². The van der Waals surface area contributed by atoms with Crippen molar-refractivity contribution in [3.8, 4) is 0 Å². The first-order valence-corrected chi connectivity index (χ1v) is 9.65. The Morgan fingerprint density at radius 2 is 1.83 bits per heavy atom. The quantitative estimate of drug-likeness (QED) is 0.207. The van der Waals surface area contributed by atoms with Crippen LogP contribution in [0.3, 0.4) is 0 Å². The molecule has 0 unspecified atom stereocenters. The summed E-state index contributed by atoms with van der Waals surface area (Å²) >= 11 is 0.928. The molecule has 0 spiro atoms. The van der Waals surface area contributed by atoms with Crippen molar-refractivity contribution in [2.24, 2.45) is 4.99 Å². The maximum Gasteiger partial charge on any atom is 0.434 e. The summed E-state index contributed by atoms with van der Waals surface area (Å²) in [6.07, 6.45) is -3.77. The number of nitrogens with zero attached hydrogens (tertiary/aromatic N) is 2. The lowest BCUT2D eigenvalue weighted by molar-refractivity contribution is -0.140. The smallest absolute Gasteiger partial charge is 0.357 e. The third-order valence-electron chi connectivity index (χ3n) is 3.53. The van der Waals surface area contributed by atoms with Crippen molar-refractivity contribution in [2.45, 2.75) is 26.1 Å². The van der Waals surface area contributed by atoms with E-state index in [2.05, 4.69) is 25.9 Å². The predicted molar refractivity (Wildman–Crippen MR) is 119 cm³/mol. The maximum absolute atomic E-state index is 12.6. The molecule has 11 heteroatoms. The lowest BCUT2D eigenvalue weighted by Crippen LogP contribution is -2.38. The summed E-state index contributed by atoms with van der Waals surface area (Å²) in [4.78, 5) is 19.7. The number of rotatable bonds is 8. The first kappa shape index (κ1) is 25.1. The molecule has 0 bridgehead atoms. The minimum Gasteiger partial charge on any atom is -0.357 e. The summed E-state index contributed by atoms with van der Waals surface area (Å²) in [6.45, 7) is 3.60. The highest BCUT2D eigenvalue weighted by molar-refractivity contribution is 14.0. The molecule has 1 amide bonds. The SMILES string of the molecule is CCNC(=NCc1nc(C(F)(F)F)cs1)NCCCNC(=O)c1ccccc1.I. The van der Waals surface area contributed by atoms with Crippen molar-refractivity contribution in [3.63, 3.8) is 0 Å². The molecule has 0 atom stereocenters. The summed E-state index contributed by atoms with van der Waals surface area (Å²) in [5.41, 5.74) is -0.290. The molecule has 2 rings (SSSR count). The highest BCUT2D eigenvalue weighted by Gasteiger charge is 2.33. The van der Waals surface area contributed by atoms with Crippen LogP contribution in [0.15, 0.2) is 40.7 Å². The average molecular weight is 541 g/mol. The van der Waals surface area contributed by atoms with Gasteiger partial charge in [-0.15, -0.1) is 35.3 Å². The van der Waals surface area contributed by atoms with E-state index in [0.717, 1.165) is 16.7 Å². The zero-order valence-electron chi connectivity index (χ0n) is 15.8. The van der Waals surface area contributed by atoms with E-state index in [9.17, 15) is 18.0 Å². The van der Waals surface area contributed by atoms with Crippen molar-refractivity contribution < 1.29 is 18.0 Å². The minimum absolute atomic E-state index is 0.